The van der Waals surface area contributed by atoms with Crippen molar-refractivity contribution in [3.8, 4) is 6.07 Å². The number of hydrogen-bond acceptors (Lipinski definition) is 3. The Hall–Kier alpha value is -2.09. The Balaban J connectivity index is 2.86. The highest BCUT2D eigenvalue weighted by molar-refractivity contribution is 5.98. The van der Waals surface area contributed by atoms with E-state index in [9.17, 15) is 9.18 Å². The molecule has 0 aliphatic rings. The zero-order valence-corrected chi connectivity index (χ0v) is 9.77. The zero-order chi connectivity index (χ0) is 13.0. The molecule has 2 N–H and O–H groups in total. The summed E-state index contributed by atoms with van der Waals surface area (Å²) >= 11 is 0. The maximum atomic E-state index is 12.8. The molecule has 0 aliphatic carbocycles. The molecule has 1 amide bonds. The number of amides is 1. The van der Waals surface area contributed by atoms with Crippen molar-refractivity contribution >= 4 is 11.6 Å². The Morgan fingerprint density at radius 3 is 2.82 bits per heavy atom. The molecule has 1 aromatic carbocycles. The van der Waals surface area contributed by atoms with Crippen molar-refractivity contribution in [1.29, 1.82) is 5.26 Å². The molecule has 0 fully saturated rings. The largest absolute Gasteiger partial charge is 0.398 e. The van der Waals surface area contributed by atoms with E-state index in [1.54, 1.807) is 14.0 Å². The van der Waals surface area contributed by atoms with Crippen LogP contribution in [-0.2, 0) is 0 Å². The summed E-state index contributed by atoms with van der Waals surface area (Å²) < 4.78 is 12.8. The van der Waals surface area contributed by atoms with Crippen LogP contribution in [0.15, 0.2) is 18.2 Å². The number of rotatable bonds is 3. The van der Waals surface area contributed by atoms with Crippen LogP contribution in [0.1, 0.15) is 17.3 Å². The van der Waals surface area contributed by atoms with Gasteiger partial charge in [0.25, 0.3) is 5.91 Å². The minimum Gasteiger partial charge on any atom is -0.398 e. The second-order valence-corrected chi connectivity index (χ2v) is 3.95. The minimum absolute atomic E-state index is 0.103. The summed E-state index contributed by atoms with van der Waals surface area (Å²) in [7, 11) is 1.58. The normalized spacial score (nSPS) is 11.6. The molecule has 0 bridgehead atoms. The third-order valence-electron chi connectivity index (χ3n) is 2.36. The van der Waals surface area contributed by atoms with E-state index in [1.807, 2.05) is 6.07 Å². The zero-order valence-electron chi connectivity index (χ0n) is 9.77. The first kappa shape index (κ1) is 13.0. The predicted molar refractivity (Wildman–Crippen MR) is 62.5 cm³/mol. The molecule has 0 heterocycles. The molecule has 0 saturated carbocycles. The molecule has 1 atom stereocenters. The first-order valence-electron chi connectivity index (χ1n) is 5.15. The van der Waals surface area contributed by atoms with E-state index in [0.29, 0.717) is 6.54 Å². The van der Waals surface area contributed by atoms with Gasteiger partial charge in [-0.2, -0.15) is 5.26 Å². The van der Waals surface area contributed by atoms with E-state index in [1.165, 1.54) is 17.0 Å². The van der Waals surface area contributed by atoms with E-state index in [0.717, 1.165) is 6.07 Å². The molecule has 17 heavy (non-hydrogen) atoms. The summed E-state index contributed by atoms with van der Waals surface area (Å²) in [6.45, 7) is 2.03. The van der Waals surface area contributed by atoms with Crippen molar-refractivity contribution < 1.29 is 9.18 Å². The Labute approximate surface area is 99.4 Å². The summed E-state index contributed by atoms with van der Waals surface area (Å²) in [5, 5.41) is 8.66. The summed E-state index contributed by atoms with van der Waals surface area (Å²) in [5.74, 6) is -1.05. The first-order chi connectivity index (χ1) is 7.95. The highest BCUT2D eigenvalue weighted by Crippen LogP contribution is 2.15. The molecule has 0 spiro atoms. The number of nitrogens with two attached hydrogens (primary N) is 1. The summed E-state index contributed by atoms with van der Waals surface area (Å²) in [6, 6.07) is 5.68. The van der Waals surface area contributed by atoms with Crippen LogP contribution in [-0.4, -0.2) is 24.4 Å². The molecule has 5 heteroatoms. The van der Waals surface area contributed by atoms with Crippen molar-refractivity contribution in [3.05, 3.63) is 29.6 Å². The van der Waals surface area contributed by atoms with Crippen molar-refractivity contribution in [2.45, 2.75) is 6.92 Å². The van der Waals surface area contributed by atoms with Crippen LogP contribution in [0.3, 0.4) is 0 Å². The number of carbonyl (C=O) groups is 1. The van der Waals surface area contributed by atoms with Gasteiger partial charge >= 0.3 is 0 Å². The van der Waals surface area contributed by atoms with Gasteiger partial charge in [-0.3, -0.25) is 4.79 Å². The van der Waals surface area contributed by atoms with Gasteiger partial charge in [-0.25, -0.2) is 4.39 Å². The molecule has 0 saturated heterocycles. The number of anilines is 1. The van der Waals surface area contributed by atoms with Gasteiger partial charge < -0.3 is 10.6 Å². The van der Waals surface area contributed by atoms with Crippen LogP contribution in [0.25, 0.3) is 0 Å². The predicted octanol–water partition coefficient (Wildman–Crippen LogP) is 1.64. The number of carbonyl (C=O) groups excluding carboxylic acids is 1. The van der Waals surface area contributed by atoms with Crippen LogP contribution >= 0.6 is 0 Å². The second-order valence-electron chi connectivity index (χ2n) is 3.95. The molecule has 0 radical (unpaired) electrons. The number of hydrogen-bond donors (Lipinski definition) is 1. The lowest BCUT2D eigenvalue weighted by Crippen LogP contribution is -2.31. The fourth-order valence-electron chi connectivity index (χ4n) is 1.47. The lowest BCUT2D eigenvalue weighted by atomic mass is 10.1. The Morgan fingerprint density at radius 1 is 1.65 bits per heavy atom. The van der Waals surface area contributed by atoms with Gasteiger partial charge in [0, 0.05) is 19.3 Å². The van der Waals surface area contributed by atoms with Gasteiger partial charge in [-0.05, 0) is 25.1 Å². The monoisotopic (exact) mass is 235 g/mol. The van der Waals surface area contributed by atoms with E-state index in [4.69, 9.17) is 11.0 Å². The van der Waals surface area contributed by atoms with Crippen LogP contribution in [0, 0.1) is 23.1 Å². The minimum atomic E-state index is -0.480. The number of nitrogens with zero attached hydrogens (tertiary/aromatic N) is 2. The standard InChI is InChI=1S/C12H14FN3O/c1-8(6-14)7-16(2)12(17)10-4-3-9(13)5-11(10)15/h3-5,8H,7,15H2,1-2H3. The van der Waals surface area contributed by atoms with E-state index in [-0.39, 0.29) is 23.1 Å². The van der Waals surface area contributed by atoms with E-state index in [2.05, 4.69) is 0 Å². The van der Waals surface area contributed by atoms with Crippen LogP contribution in [0.4, 0.5) is 10.1 Å². The molecular weight excluding hydrogens is 221 g/mol. The summed E-state index contributed by atoms with van der Waals surface area (Å²) in [4.78, 5) is 13.3. The molecule has 0 aromatic heterocycles. The average Bonchev–Trinajstić information content (AvgIpc) is 2.28. The van der Waals surface area contributed by atoms with Crippen LogP contribution < -0.4 is 5.73 Å². The van der Waals surface area contributed by atoms with E-state index >= 15 is 0 Å². The van der Waals surface area contributed by atoms with Crippen LogP contribution in [0.2, 0.25) is 0 Å². The second kappa shape index (κ2) is 5.30. The maximum Gasteiger partial charge on any atom is 0.255 e. The molecule has 90 valence electrons. The Bertz CT molecular complexity index is 467. The quantitative estimate of drug-likeness (QED) is 0.809. The van der Waals surface area contributed by atoms with Gasteiger partial charge in [-0.1, -0.05) is 0 Å². The van der Waals surface area contributed by atoms with Crippen molar-refractivity contribution in [2.24, 2.45) is 5.92 Å². The Kier molecular flexibility index (Phi) is 4.05. The Morgan fingerprint density at radius 2 is 2.29 bits per heavy atom. The topological polar surface area (TPSA) is 70.1 Å². The van der Waals surface area contributed by atoms with Crippen LogP contribution in [0.5, 0.6) is 0 Å². The molecule has 0 aliphatic heterocycles. The highest BCUT2D eigenvalue weighted by Gasteiger charge is 2.16. The molecule has 1 aromatic rings. The molecule has 1 unspecified atom stereocenters. The molecular formula is C12H14FN3O. The average molecular weight is 235 g/mol. The van der Waals surface area contributed by atoms with Gasteiger partial charge in [-0.15, -0.1) is 0 Å². The van der Waals surface area contributed by atoms with Gasteiger partial charge in [0.2, 0.25) is 0 Å². The van der Waals surface area contributed by atoms with Crippen molar-refractivity contribution in [1.82, 2.24) is 4.90 Å². The SMILES string of the molecule is CC(C#N)CN(C)C(=O)c1ccc(F)cc1N. The summed E-state index contributed by atoms with van der Waals surface area (Å²) in [5.41, 5.74) is 5.92. The summed E-state index contributed by atoms with van der Waals surface area (Å²) in [6.07, 6.45) is 0. The van der Waals surface area contributed by atoms with Crippen molar-refractivity contribution in [2.75, 3.05) is 19.3 Å². The van der Waals surface area contributed by atoms with Gasteiger partial charge in [0.05, 0.1) is 17.6 Å². The highest BCUT2D eigenvalue weighted by atomic mass is 19.1. The van der Waals surface area contributed by atoms with E-state index < -0.39 is 5.82 Å². The number of benzene rings is 1. The number of halogens is 1. The van der Waals surface area contributed by atoms with Gasteiger partial charge in [0.1, 0.15) is 5.82 Å². The fourth-order valence-corrected chi connectivity index (χ4v) is 1.47. The smallest absolute Gasteiger partial charge is 0.255 e. The fraction of sp³-hybridized carbons (Fsp3) is 0.333. The molecule has 4 nitrogen and oxygen atoms in total. The first-order valence-corrected chi connectivity index (χ1v) is 5.15. The lowest BCUT2D eigenvalue weighted by Gasteiger charge is -2.19. The third kappa shape index (κ3) is 3.18. The number of nitrogen functional groups attached to an aromatic ring is 1. The third-order valence-corrected chi connectivity index (χ3v) is 2.36. The number of nitriles is 1. The maximum absolute atomic E-state index is 12.8. The van der Waals surface area contributed by atoms with Gasteiger partial charge in [0.15, 0.2) is 0 Å². The lowest BCUT2D eigenvalue weighted by molar-refractivity contribution is 0.0786. The van der Waals surface area contributed by atoms with Crippen molar-refractivity contribution in [3.63, 3.8) is 0 Å². The molecule has 1 rings (SSSR count).